The van der Waals surface area contributed by atoms with E-state index in [-0.39, 0.29) is 5.82 Å². The number of rotatable bonds is 4. The minimum Gasteiger partial charge on any atom is -0.376 e. The smallest absolute Gasteiger partial charge is 0.246 e. The molecular weight excluding hydrogens is 293 g/mol. The summed E-state index contributed by atoms with van der Waals surface area (Å²) in [5.41, 5.74) is 1.47. The first-order chi connectivity index (χ1) is 10.2. The maximum absolute atomic E-state index is 13.0. The predicted octanol–water partition coefficient (Wildman–Crippen LogP) is 4.14. The standard InChI is InChI=1S/C15H11ClFN3O/c16-11-6-4-10(5-7-11)15-19-14(21-20-15)9-18-13-3-1-2-12(17)8-13/h1-8,18H,9H2. The van der Waals surface area contributed by atoms with E-state index in [9.17, 15) is 4.39 Å². The van der Waals surface area contributed by atoms with Crippen molar-refractivity contribution in [3.8, 4) is 11.4 Å². The summed E-state index contributed by atoms with van der Waals surface area (Å²) in [7, 11) is 0. The molecule has 0 unspecified atom stereocenters. The van der Waals surface area contributed by atoms with Gasteiger partial charge in [0, 0.05) is 16.3 Å². The molecule has 0 bridgehead atoms. The molecular formula is C15H11ClFN3O. The van der Waals surface area contributed by atoms with Crippen molar-refractivity contribution in [1.29, 1.82) is 0 Å². The first-order valence-corrected chi connectivity index (χ1v) is 6.66. The van der Waals surface area contributed by atoms with Crippen LogP contribution in [0.3, 0.4) is 0 Å². The third kappa shape index (κ3) is 3.38. The molecule has 2 aromatic carbocycles. The first-order valence-electron chi connectivity index (χ1n) is 6.29. The average Bonchev–Trinajstić information content (AvgIpc) is 2.95. The Bertz CT molecular complexity index is 743. The van der Waals surface area contributed by atoms with Gasteiger partial charge in [-0.1, -0.05) is 22.8 Å². The van der Waals surface area contributed by atoms with Crippen LogP contribution in [-0.2, 0) is 6.54 Å². The van der Waals surface area contributed by atoms with Crippen LogP contribution in [0.1, 0.15) is 5.89 Å². The van der Waals surface area contributed by atoms with Gasteiger partial charge in [0.05, 0.1) is 6.54 Å². The number of hydrogen-bond acceptors (Lipinski definition) is 4. The average molecular weight is 304 g/mol. The third-order valence-corrected chi connectivity index (χ3v) is 3.09. The zero-order valence-electron chi connectivity index (χ0n) is 10.9. The largest absolute Gasteiger partial charge is 0.376 e. The Kier molecular flexibility index (Phi) is 3.83. The van der Waals surface area contributed by atoms with Gasteiger partial charge in [-0.15, -0.1) is 0 Å². The summed E-state index contributed by atoms with van der Waals surface area (Å²) in [5, 5.41) is 7.57. The molecule has 3 rings (SSSR count). The lowest BCUT2D eigenvalue weighted by Gasteiger charge is -2.02. The molecule has 0 spiro atoms. The summed E-state index contributed by atoms with van der Waals surface area (Å²) in [5.74, 6) is 0.610. The van der Waals surface area contributed by atoms with Crippen LogP contribution in [0.4, 0.5) is 10.1 Å². The van der Waals surface area contributed by atoms with Gasteiger partial charge in [-0.25, -0.2) is 4.39 Å². The molecule has 0 aliphatic heterocycles. The van der Waals surface area contributed by atoms with Crippen LogP contribution in [0.25, 0.3) is 11.4 Å². The zero-order chi connectivity index (χ0) is 14.7. The van der Waals surface area contributed by atoms with E-state index in [4.69, 9.17) is 16.1 Å². The van der Waals surface area contributed by atoms with E-state index >= 15 is 0 Å². The van der Waals surface area contributed by atoms with Gasteiger partial charge in [0.25, 0.3) is 0 Å². The van der Waals surface area contributed by atoms with E-state index in [0.717, 1.165) is 5.56 Å². The number of aromatic nitrogens is 2. The summed E-state index contributed by atoms with van der Waals surface area (Å²) in [4.78, 5) is 4.27. The Morgan fingerprint density at radius 1 is 1.14 bits per heavy atom. The van der Waals surface area contributed by atoms with Crippen LogP contribution in [0.5, 0.6) is 0 Å². The van der Waals surface area contributed by atoms with Crippen molar-refractivity contribution >= 4 is 17.3 Å². The fraction of sp³-hybridized carbons (Fsp3) is 0.0667. The van der Waals surface area contributed by atoms with Crippen LogP contribution in [-0.4, -0.2) is 10.1 Å². The lowest BCUT2D eigenvalue weighted by Crippen LogP contribution is -1.99. The second-order valence-electron chi connectivity index (χ2n) is 4.38. The fourth-order valence-electron chi connectivity index (χ4n) is 1.82. The molecule has 0 radical (unpaired) electrons. The molecule has 1 aromatic heterocycles. The molecule has 0 aliphatic rings. The Balaban J connectivity index is 1.69. The van der Waals surface area contributed by atoms with Crippen LogP contribution >= 0.6 is 11.6 Å². The van der Waals surface area contributed by atoms with Gasteiger partial charge in [-0.3, -0.25) is 0 Å². The SMILES string of the molecule is Fc1cccc(NCc2nc(-c3ccc(Cl)cc3)no2)c1. The summed E-state index contributed by atoms with van der Waals surface area (Å²) in [6, 6.07) is 13.3. The molecule has 4 nitrogen and oxygen atoms in total. The fourth-order valence-corrected chi connectivity index (χ4v) is 1.94. The van der Waals surface area contributed by atoms with Gasteiger partial charge in [0.2, 0.25) is 11.7 Å². The van der Waals surface area contributed by atoms with Gasteiger partial charge in [0.1, 0.15) is 5.82 Å². The molecule has 3 aromatic rings. The number of nitrogens with one attached hydrogen (secondary N) is 1. The van der Waals surface area contributed by atoms with Crippen molar-refractivity contribution in [3.63, 3.8) is 0 Å². The van der Waals surface area contributed by atoms with Crippen LogP contribution in [0.2, 0.25) is 5.02 Å². The second kappa shape index (κ2) is 5.93. The molecule has 21 heavy (non-hydrogen) atoms. The minimum absolute atomic E-state index is 0.299. The molecule has 0 fully saturated rings. The van der Waals surface area contributed by atoms with Gasteiger partial charge in [0.15, 0.2) is 0 Å². The van der Waals surface area contributed by atoms with E-state index in [0.29, 0.717) is 29.0 Å². The predicted molar refractivity (Wildman–Crippen MR) is 78.5 cm³/mol. The Hall–Kier alpha value is -2.40. The normalized spacial score (nSPS) is 10.6. The maximum atomic E-state index is 13.0. The second-order valence-corrected chi connectivity index (χ2v) is 4.82. The molecule has 0 aliphatic carbocycles. The van der Waals surface area contributed by atoms with Crippen molar-refractivity contribution in [2.24, 2.45) is 0 Å². The highest BCUT2D eigenvalue weighted by atomic mass is 35.5. The molecule has 1 heterocycles. The highest BCUT2D eigenvalue weighted by molar-refractivity contribution is 6.30. The number of benzene rings is 2. The maximum Gasteiger partial charge on any atom is 0.246 e. The highest BCUT2D eigenvalue weighted by Gasteiger charge is 2.08. The van der Waals surface area contributed by atoms with E-state index in [1.54, 1.807) is 24.3 Å². The Labute approximate surface area is 125 Å². The number of halogens is 2. The molecule has 0 saturated carbocycles. The first kappa shape index (κ1) is 13.6. The Morgan fingerprint density at radius 2 is 1.95 bits per heavy atom. The van der Waals surface area contributed by atoms with E-state index in [1.165, 1.54) is 12.1 Å². The van der Waals surface area contributed by atoms with Crippen molar-refractivity contribution < 1.29 is 8.91 Å². The number of hydrogen-bond donors (Lipinski definition) is 1. The number of nitrogens with zero attached hydrogens (tertiary/aromatic N) is 2. The summed E-state index contributed by atoms with van der Waals surface area (Å²) >= 11 is 5.83. The van der Waals surface area contributed by atoms with Crippen molar-refractivity contribution in [1.82, 2.24) is 10.1 Å². The monoisotopic (exact) mass is 303 g/mol. The molecule has 0 saturated heterocycles. The van der Waals surface area contributed by atoms with Crippen molar-refractivity contribution in [2.75, 3.05) is 5.32 Å². The highest BCUT2D eigenvalue weighted by Crippen LogP contribution is 2.19. The van der Waals surface area contributed by atoms with E-state index < -0.39 is 0 Å². The number of anilines is 1. The molecule has 1 N–H and O–H groups in total. The van der Waals surface area contributed by atoms with Crippen molar-refractivity contribution in [2.45, 2.75) is 6.54 Å². The molecule has 0 atom stereocenters. The topological polar surface area (TPSA) is 51.0 Å². The van der Waals surface area contributed by atoms with Crippen LogP contribution in [0.15, 0.2) is 53.1 Å². The van der Waals surface area contributed by atoms with Crippen LogP contribution in [0, 0.1) is 5.82 Å². The lowest BCUT2D eigenvalue weighted by molar-refractivity contribution is 0.384. The van der Waals surface area contributed by atoms with Gasteiger partial charge in [-0.2, -0.15) is 4.98 Å². The zero-order valence-corrected chi connectivity index (χ0v) is 11.6. The summed E-state index contributed by atoms with van der Waals surface area (Å²) in [6.45, 7) is 0.323. The van der Waals surface area contributed by atoms with Gasteiger partial charge in [-0.05, 0) is 42.5 Å². The van der Waals surface area contributed by atoms with Gasteiger partial charge >= 0.3 is 0 Å². The van der Waals surface area contributed by atoms with E-state index in [2.05, 4.69) is 15.5 Å². The molecule has 106 valence electrons. The summed E-state index contributed by atoms with van der Waals surface area (Å²) in [6.07, 6.45) is 0. The quantitative estimate of drug-likeness (QED) is 0.787. The van der Waals surface area contributed by atoms with Crippen LogP contribution < -0.4 is 5.32 Å². The Morgan fingerprint density at radius 3 is 2.71 bits per heavy atom. The molecule has 6 heteroatoms. The summed E-state index contributed by atoms with van der Waals surface area (Å²) < 4.78 is 18.2. The third-order valence-electron chi connectivity index (χ3n) is 2.84. The molecule has 0 amide bonds. The lowest BCUT2D eigenvalue weighted by atomic mass is 10.2. The minimum atomic E-state index is -0.299. The van der Waals surface area contributed by atoms with Gasteiger partial charge < -0.3 is 9.84 Å². The van der Waals surface area contributed by atoms with Crippen molar-refractivity contribution in [3.05, 3.63) is 65.3 Å². The van der Waals surface area contributed by atoms with E-state index in [1.807, 2.05) is 12.1 Å².